The molecule has 7 aromatic carbocycles. The fraction of sp³-hybridized carbons (Fsp3) is 0. The summed E-state index contributed by atoms with van der Waals surface area (Å²) in [7, 11) is 0. The summed E-state index contributed by atoms with van der Waals surface area (Å²) in [6.45, 7) is 0. The molecule has 3 aromatic heterocycles. The number of rotatable bonds is 3. The van der Waals surface area contributed by atoms with Crippen LogP contribution in [-0.4, -0.2) is 19.1 Å². The van der Waals surface area contributed by atoms with Crippen molar-refractivity contribution in [3.63, 3.8) is 0 Å². The van der Waals surface area contributed by atoms with Crippen molar-refractivity contribution in [2.24, 2.45) is 0 Å². The Hall–Kier alpha value is -6.26. The molecule has 0 aliphatic carbocycles. The predicted octanol–water partition coefficient (Wildman–Crippen LogP) is 10.6. The maximum Gasteiger partial charge on any atom is 0.165 e. The van der Waals surface area contributed by atoms with E-state index in [4.69, 9.17) is 9.97 Å². The van der Waals surface area contributed by atoms with Crippen LogP contribution in [0.1, 0.15) is 0 Å². The molecule has 0 aliphatic heterocycles. The van der Waals surface area contributed by atoms with Crippen LogP contribution >= 0.6 is 0 Å². The van der Waals surface area contributed by atoms with E-state index in [9.17, 15) is 0 Å². The average Bonchev–Trinajstić information content (AvgIpc) is 3.63. The predicted molar refractivity (Wildman–Crippen MR) is 191 cm³/mol. The Labute approximate surface area is 264 Å². The first-order valence-electron chi connectivity index (χ1n) is 15.6. The smallest absolute Gasteiger partial charge is 0.165 e. The molecule has 0 fully saturated rings. The monoisotopic (exact) mass is 586 g/mol. The van der Waals surface area contributed by atoms with Crippen LogP contribution < -0.4 is 0 Å². The molecule has 0 N–H and O–H groups in total. The molecule has 10 aromatic rings. The first kappa shape index (κ1) is 25.1. The van der Waals surface area contributed by atoms with Gasteiger partial charge in [-0.2, -0.15) is 0 Å². The van der Waals surface area contributed by atoms with Crippen LogP contribution in [0.2, 0.25) is 0 Å². The molecule has 0 spiro atoms. The third-order valence-corrected chi connectivity index (χ3v) is 9.28. The van der Waals surface area contributed by atoms with Gasteiger partial charge in [0.2, 0.25) is 0 Å². The molecule has 0 aliphatic rings. The number of hydrogen-bond acceptors (Lipinski definition) is 2. The van der Waals surface area contributed by atoms with E-state index in [2.05, 4.69) is 143 Å². The van der Waals surface area contributed by atoms with Crippen molar-refractivity contribution < 1.29 is 0 Å². The molecule has 4 heteroatoms. The lowest BCUT2D eigenvalue weighted by atomic mass is 10.0. The summed E-state index contributed by atoms with van der Waals surface area (Å²) >= 11 is 0. The number of benzene rings is 7. The molecule has 0 radical (unpaired) electrons. The highest BCUT2D eigenvalue weighted by Crippen LogP contribution is 2.39. The van der Waals surface area contributed by atoms with Crippen molar-refractivity contribution in [3.05, 3.63) is 158 Å². The van der Waals surface area contributed by atoms with E-state index in [1.165, 1.54) is 43.4 Å². The first-order chi connectivity index (χ1) is 22.8. The minimum Gasteiger partial charge on any atom is -0.309 e. The number of aromatic nitrogens is 4. The minimum atomic E-state index is 0.824. The highest BCUT2D eigenvalue weighted by Gasteiger charge is 2.20. The molecular weight excluding hydrogens is 560 g/mol. The highest BCUT2D eigenvalue weighted by atomic mass is 15.1. The second-order valence-corrected chi connectivity index (χ2v) is 11.9. The maximum absolute atomic E-state index is 5.32. The van der Waals surface area contributed by atoms with Crippen molar-refractivity contribution in [2.75, 3.05) is 0 Å². The lowest BCUT2D eigenvalue weighted by Crippen LogP contribution is -2.04. The van der Waals surface area contributed by atoms with Crippen molar-refractivity contribution in [2.45, 2.75) is 0 Å². The van der Waals surface area contributed by atoms with Crippen molar-refractivity contribution in [3.8, 4) is 22.8 Å². The molecule has 0 saturated carbocycles. The summed E-state index contributed by atoms with van der Waals surface area (Å²) in [5.41, 5.74) is 9.38. The summed E-state index contributed by atoms with van der Waals surface area (Å²) in [4.78, 5) is 10.6. The molecular formula is C42H26N4. The third-order valence-electron chi connectivity index (χ3n) is 9.28. The Kier molecular flexibility index (Phi) is 5.25. The number of nitrogens with zero attached hydrogens (tertiary/aromatic N) is 4. The van der Waals surface area contributed by atoms with Gasteiger partial charge in [-0.1, -0.05) is 103 Å². The largest absolute Gasteiger partial charge is 0.309 e. The summed E-state index contributed by atoms with van der Waals surface area (Å²) in [6.07, 6.45) is 0. The van der Waals surface area contributed by atoms with Crippen LogP contribution in [0, 0.1) is 0 Å². The van der Waals surface area contributed by atoms with Gasteiger partial charge < -0.3 is 4.57 Å². The Morgan fingerprint density at radius 3 is 1.63 bits per heavy atom. The topological polar surface area (TPSA) is 35.6 Å². The normalized spacial score (nSPS) is 11.9. The zero-order chi connectivity index (χ0) is 30.2. The first-order valence-corrected chi connectivity index (χ1v) is 15.6. The van der Waals surface area contributed by atoms with Gasteiger partial charge in [-0.25, -0.2) is 9.97 Å². The molecule has 46 heavy (non-hydrogen) atoms. The van der Waals surface area contributed by atoms with Crippen LogP contribution in [-0.2, 0) is 0 Å². The van der Waals surface area contributed by atoms with E-state index in [1.807, 2.05) is 24.3 Å². The van der Waals surface area contributed by atoms with Crippen LogP contribution in [0.3, 0.4) is 0 Å². The number of hydrogen-bond donors (Lipinski definition) is 0. The molecule has 0 unspecified atom stereocenters. The molecule has 3 heterocycles. The Bertz CT molecular complexity index is 2770. The van der Waals surface area contributed by atoms with Crippen LogP contribution in [0.25, 0.3) is 88.2 Å². The van der Waals surface area contributed by atoms with Gasteiger partial charge in [-0.3, -0.25) is 4.57 Å². The standard InChI is InChI=1S/C42H26N4/c1-2-12-28-25-29(22-21-27(28)11-1)41-42(44-36-17-7-6-16-35(36)43-41)46-39-20-10-5-15-33(39)34-26-30(23-24-40(34)46)45-37-18-8-3-13-31(37)32-14-4-9-19-38(32)45/h1-26H. The average molecular weight is 587 g/mol. The molecule has 0 bridgehead atoms. The molecule has 10 rings (SSSR count). The zero-order valence-corrected chi connectivity index (χ0v) is 24.8. The van der Waals surface area contributed by atoms with E-state index < -0.39 is 0 Å². The maximum atomic E-state index is 5.32. The van der Waals surface area contributed by atoms with Gasteiger partial charge >= 0.3 is 0 Å². The van der Waals surface area contributed by atoms with Crippen molar-refractivity contribution in [1.82, 2.24) is 19.1 Å². The van der Waals surface area contributed by atoms with Gasteiger partial charge in [-0.05, 0) is 65.4 Å². The quantitative estimate of drug-likeness (QED) is 0.206. The number of para-hydroxylation sites is 5. The summed E-state index contributed by atoms with van der Waals surface area (Å²) in [5, 5.41) is 7.25. The zero-order valence-electron chi connectivity index (χ0n) is 24.8. The second kappa shape index (κ2) is 9.62. The lowest BCUT2D eigenvalue weighted by Gasteiger charge is -2.14. The van der Waals surface area contributed by atoms with Gasteiger partial charge in [-0.15, -0.1) is 0 Å². The third kappa shape index (κ3) is 3.61. The van der Waals surface area contributed by atoms with E-state index in [0.717, 1.165) is 44.8 Å². The Morgan fingerprint density at radius 2 is 0.913 bits per heavy atom. The highest BCUT2D eigenvalue weighted by molar-refractivity contribution is 6.12. The molecule has 0 amide bonds. The summed E-state index contributed by atoms with van der Waals surface area (Å²) in [5.74, 6) is 0.824. The van der Waals surface area contributed by atoms with Crippen molar-refractivity contribution >= 4 is 65.4 Å². The molecule has 0 saturated heterocycles. The molecule has 214 valence electrons. The minimum absolute atomic E-state index is 0.824. The fourth-order valence-corrected chi connectivity index (χ4v) is 7.21. The second-order valence-electron chi connectivity index (χ2n) is 11.9. The van der Waals surface area contributed by atoms with E-state index in [1.54, 1.807) is 0 Å². The lowest BCUT2D eigenvalue weighted by molar-refractivity contribution is 1.08. The van der Waals surface area contributed by atoms with Crippen LogP contribution in [0.15, 0.2) is 158 Å². The van der Waals surface area contributed by atoms with Crippen molar-refractivity contribution in [1.29, 1.82) is 0 Å². The van der Waals surface area contributed by atoms with Crippen LogP contribution in [0.5, 0.6) is 0 Å². The Balaban J connectivity index is 1.28. The SMILES string of the molecule is c1ccc2cc(-c3nc4ccccc4nc3-n3c4ccccc4c4cc(-n5c6ccccc6c6ccccc65)ccc43)ccc2c1. The number of fused-ring (bicyclic) bond motifs is 8. The summed E-state index contributed by atoms with van der Waals surface area (Å²) < 4.78 is 4.68. The molecule has 0 atom stereocenters. The van der Waals surface area contributed by atoms with Gasteiger partial charge in [0.25, 0.3) is 0 Å². The Morgan fingerprint density at radius 1 is 0.370 bits per heavy atom. The van der Waals surface area contributed by atoms with Gasteiger partial charge in [0, 0.05) is 32.8 Å². The van der Waals surface area contributed by atoms with Gasteiger partial charge in [0.15, 0.2) is 5.82 Å². The fourth-order valence-electron chi connectivity index (χ4n) is 7.21. The van der Waals surface area contributed by atoms with Crippen LogP contribution in [0.4, 0.5) is 0 Å². The van der Waals surface area contributed by atoms with E-state index in [0.29, 0.717) is 0 Å². The summed E-state index contributed by atoms with van der Waals surface area (Å²) in [6, 6.07) is 56.0. The van der Waals surface area contributed by atoms with Gasteiger partial charge in [0.1, 0.15) is 5.69 Å². The van der Waals surface area contributed by atoms with Gasteiger partial charge in [0.05, 0.1) is 33.1 Å². The van der Waals surface area contributed by atoms with E-state index in [-0.39, 0.29) is 0 Å². The molecule has 4 nitrogen and oxygen atoms in total. The van der Waals surface area contributed by atoms with E-state index >= 15 is 0 Å².